The summed E-state index contributed by atoms with van der Waals surface area (Å²) in [7, 11) is 0. The molecule has 1 aromatic heterocycles. The number of rotatable bonds is 3. The Kier molecular flexibility index (Phi) is 3.76. The van der Waals surface area contributed by atoms with Gasteiger partial charge in [0.1, 0.15) is 5.76 Å². The summed E-state index contributed by atoms with van der Waals surface area (Å²) in [4.78, 5) is 0. The summed E-state index contributed by atoms with van der Waals surface area (Å²) >= 11 is 2.00. The van der Waals surface area contributed by atoms with Gasteiger partial charge < -0.3 is 10.2 Å². The molecule has 1 fully saturated rings. The van der Waals surface area contributed by atoms with Crippen molar-refractivity contribution < 1.29 is 4.42 Å². The average Bonchev–Trinajstić information content (AvgIpc) is 2.61. The zero-order valence-electron chi connectivity index (χ0n) is 9.24. The molecule has 0 aromatic carbocycles. The Morgan fingerprint density at radius 1 is 1.53 bits per heavy atom. The molecule has 2 nitrogen and oxygen atoms in total. The van der Waals surface area contributed by atoms with E-state index in [9.17, 15) is 0 Å². The van der Waals surface area contributed by atoms with Crippen LogP contribution in [0.3, 0.4) is 0 Å². The topological polar surface area (TPSA) is 39.2 Å². The summed E-state index contributed by atoms with van der Waals surface area (Å²) in [6.07, 6.45) is 6.76. The van der Waals surface area contributed by atoms with Gasteiger partial charge in [-0.1, -0.05) is 6.42 Å². The molecular weight excluding hydrogens is 206 g/mol. The molecule has 84 valence electrons. The van der Waals surface area contributed by atoms with Crippen LogP contribution in [0, 0.1) is 6.92 Å². The summed E-state index contributed by atoms with van der Waals surface area (Å²) in [6, 6.07) is 2.46. The molecule has 2 rings (SSSR count). The number of hydrogen-bond acceptors (Lipinski definition) is 3. The zero-order chi connectivity index (χ0) is 10.7. The largest absolute Gasteiger partial charge is 0.468 e. The molecule has 1 aliphatic carbocycles. The predicted octanol–water partition coefficient (Wildman–Crippen LogP) is 3.09. The maximum atomic E-state index is 5.97. The summed E-state index contributed by atoms with van der Waals surface area (Å²) in [6.45, 7) is 2.10. The molecule has 1 saturated carbocycles. The first kappa shape index (κ1) is 11.1. The fraction of sp³-hybridized carbons (Fsp3) is 0.667. The molecule has 2 atom stereocenters. The van der Waals surface area contributed by atoms with E-state index in [1.165, 1.54) is 31.2 Å². The lowest BCUT2D eigenvalue weighted by atomic mass is 9.96. The first-order chi connectivity index (χ1) is 7.25. The van der Waals surface area contributed by atoms with E-state index >= 15 is 0 Å². The third-order valence-corrected chi connectivity index (χ3v) is 4.41. The molecule has 0 radical (unpaired) electrons. The fourth-order valence-electron chi connectivity index (χ4n) is 2.08. The molecule has 0 amide bonds. The first-order valence-corrected chi connectivity index (χ1v) is 6.70. The molecular formula is C12H19NOS. The lowest BCUT2D eigenvalue weighted by Gasteiger charge is -2.25. The van der Waals surface area contributed by atoms with Crippen LogP contribution in [-0.4, -0.2) is 11.3 Å². The van der Waals surface area contributed by atoms with Gasteiger partial charge in [-0.3, -0.25) is 0 Å². The maximum absolute atomic E-state index is 5.97. The van der Waals surface area contributed by atoms with Crippen molar-refractivity contribution in [3.05, 3.63) is 23.7 Å². The van der Waals surface area contributed by atoms with Gasteiger partial charge in [-0.25, -0.2) is 0 Å². The molecule has 0 saturated heterocycles. The van der Waals surface area contributed by atoms with Crippen LogP contribution in [0.5, 0.6) is 0 Å². The van der Waals surface area contributed by atoms with Crippen molar-refractivity contribution in [1.82, 2.24) is 0 Å². The normalized spacial score (nSPS) is 26.8. The van der Waals surface area contributed by atoms with E-state index in [-0.39, 0.29) is 0 Å². The van der Waals surface area contributed by atoms with Gasteiger partial charge in [-0.2, -0.15) is 11.8 Å². The van der Waals surface area contributed by atoms with Crippen LogP contribution in [-0.2, 0) is 5.75 Å². The molecule has 0 bridgehead atoms. The fourth-order valence-corrected chi connectivity index (χ4v) is 3.48. The van der Waals surface area contributed by atoms with E-state index in [1.54, 1.807) is 6.26 Å². The van der Waals surface area contributed by atoms with Gasteiger partial charge in [0, 0.05) is 11.3 Å². The molecule has 3 heteroatoms. The molecule has 1 aliphatic rings. The minimum Gasteiger partial charge on any atom is -0.468 e. The Bertz CT molecular complexity index is 310. The van der Waals surface area contributed by atoms with Crippen molar-refractivity contribution in [3.63, 3.8) is 0 Å². The predicted molar refractivity (Wildman–Crippen MR) is 65.0 cm³/mol. The second kappa shape index (κ2) is 5.08. The summed E-state index contributed by atoms with van der Waals surface area (Å²) in [5, 5.41) is 0.734. The third kappa shape index (κ3) is 3.02. The SMILES string of the molecule is Cc1ccoc1CSC1CCCC(N)C1. The molecule has 15 heavy (non-hydrogen) atoms. The lowest BCUT2D eigenvalue weighted by Crippen LogP contribution is -2.29. The Hall–Kier alpha value is -0.410. The van der Waals surface area contributed by atoms with Gasteiger partial charge in [0.2, 0.25) is 0 Å². The monoisotopic (exact) mass is 225 g/mol. The highest BCUT2D eigenvalue weighted by Crippen LogP contribution is 2.30. The highest BCUT2D eigenvalue weighted by Gasteiger charge is 2.19. The number of nitrogens with two attached hydrogens (primary N) is 1. The van der Waals surface area contributed by atoms with Crippen LogP contribution in [0.15, 0.2) is 16.7 Å². The number of aryl methyl sites for hydroxylation is 1. The number of furan rings is 1. The number of hydrogen-bond donors (Lipinski definition) is 1. The minimum atomic E-state index is 0.425. The van der Waals surface area contributed by atoms with Crippen LogP contribution in [0.25, 0.3) is 0 Å². The van der Waals surface area contributed by atoms with Crippen molar-refractivity contribution in [3.8, 4) is 0 Å². The molecule has 1 aromatic rings. The lowest BCUT2D eigenvalue weighted by molar-refractivity contribution is 0.450. The standard InChI is InChI=1S/C12H19NOS/c1-9-5-6-14-12(9)8-15-11-4-2-3-10(13)7-11/h5-6,10-11H,2-4,7-8,13H2,1H3. The van der Waals surface area contributed by atoms with Gasteiger partial charge in [-0.15, -0.1) is 0 Å². The maximum Gasteiger partial charge on any atom is 0.116 e. The van der Waals surface area contributed by atoms with E-state index in [0.29, 0.717) is 6.04 Å². The summed E-state index contributed by atoms with van der Waals surface area (Å²) in [5.41, 5.74) is 7.23. The van der Waals surface area contributed by atoms with Crippen molar-refractivity contribution in [2.45, 2.75) is 49.7 Å². The van der Waals surface area contributed by atoms with E-state index < -0.39 is 0 Å². The quantitative estimate of drug-likeness (QED) is 0.859. The van der Waals surface area contributed by atoms with Crippen molar-refractivity contribution in [1.29, 1.82) is 0 Å². The van der Waals surface area contributed by atoms with Crippen molar-refractivity contribution >= 4 is 11.8 Å². The Balaban J connectivity index is 1.80. The summed E-state index contributed by atoms with van der Waals surface area (Å²) in [5.74, 6) is 2.12. The van der Waals surface area contributed by atoms with Crippen LogP contribution in [0.4, 0.5) is 0 Å². The van der Waals surface area contributed by atoms with Gasteiger partial charge in [0.25, 0.3) is 0 Å². The highest BCUT2D eigenvalue weighted by atomic mass is 32.2. The van der Waals surface area contributed by atoms with Gasteiger partial charge >= 0.3 is 0 Å². The second-order valence-corrected chi connectivity index (χ2v) is 5.68. The van der Waals surface area contributed by atoms with E-state index in [1.807, 2.05) is 17.8 Å². The molecule has 0 aliphatic heterocycles. The smallest absolute Gasteiger partial charge is 0.116 e. The molecule has 1 heterocycles. The Labute approximate surface area is 95.6 Å². The van der Waals surface area contributed by atoms with Gasteiger partial charge in [0.05, 0.1) is 12.0 Å². The van der Waals surface area contributed by atoms with Crippen LogP contribution in [0.2, 0.25) is 0 Å². The van der Waals surface area contributed by atoms with E-state index in [4.69, 9.17) is 10.2 Å². The van der Waals surface area contributed by atoms with Crippen molar-refractivity contribution in [2.24, 2.45) is 5.73 Å². The van der Waals surface area contributed by atoms with Crippen LogP contribution < -0.4 is 5.73 Å². The Morgan fingerprint density at radius 2 is 2.40 bits per heavy atom. The first-order valence-electron chi connectivity index (χ1n) is 5.66. The minimum absolute atomic E-state index is 0.425. The van der Waals surface area contributed by atoms with E-state index in [0.717, 1.165) is 16.8 Å². The zero-order valence-corrected chi connectivity index (χ0v) is 10.1. The third-order valence-electron chi connectivity index (χ3n) is 3.08. The van der Waals surface area contributed by atoms with Crippen LogP contribution >= 0.6 is 11.8 Å². The van der Waals surface area contributed by atoms with Gasteiger partial charge in [0.15, 0.2) is 0 Å². The molecule has 0 spiro atoms. The van der Waals surface area contributed by atoms with E-state index in [2.05, 4.69) is 6.92 Å². The van der Waals surface area contributed by atoms with Gasteiger partial charge in [-0.05, 0) is 37.8 Å². The second-order valence-electron chi connectivity index (χ2n) is 4.39. The summed E-state index contributed by atoms with van der Waals surface area (Å²) < 4.78 is 5.43. The highest BCUT2D eigenvalue weighted by molar-refractivity contribution is 7.99. The molecule has 2 unspecified atom stereocenters. The Morgan fingerprint density at radius 3 is 3.07 bits per heavy atom. The average molecular weight is 225 g/mol. The number of thioether (sulfide) groups is 1. The van der Waals surface area contributed by atoms with Crippen molar-refractivity contribution in [2.75, 3.05) is 0 Å². The van der Waals surface area contributed by atoms with Crippen LogP contribution in [0.1, 0.15) is 37.0 Å². The molecule has 2 N–H and O–H groups in total.